The monoisotopic (exact) mass is 348 g/mol. The minimum atomic E-state index is -5.15. The van der Waals surface area contributed by atoms with Gasteiger partial charge < -0.3 is 9.47 Å². The first-order valence-electron chi connectivity index (χ1n) is 6.72. The van der Waals surface area contributed by atoms with Crippen LogP contribution in [0.1, 0.15) is 45.7 Å². The van der Waals surface area contributed by atoms with Crippen molar-refractivity contribution in [3.63, 3.8) is 0 Å². The summed E-state index contributed by atoms with van der Waals surface area (Å²) in [5.41, 5.74) is 0.468. The van der Waals surface area contributed by atoms with E-state index < -0.39 is 23.9 Å². The summed E-state index contributed by atoms with van der Waals surface area (Å²) in [5.74, 6) is -2.61. The second-order valence-electron chi connectivity index (χ2n) is 4.46. The molecule has 0 amide bonds. The molecule has 1 rings (SSSR count). The van der Waals surface area contributed by atoms with Gasteiger partial charge in [-0.1, -0.05) is 20.4 Å². The quantitative estimate of drug-likeness (QED) is 0.466. The fourth-order valence-electron chi connectivity index (χ4n) is 2.30. The molecule has 1 aromatic rings. The van der Waals surface area contributed by atoms with Gasteiger partial charge in [-0.25, -0.2) is 9.59 Å². The van der Waals surface area contributed by atoms with Gasteiger partial charge in [-0.05, 0) is 35.3 Å². The van der Waals surface area contributed by atoms with Gasteiger partial charge in [-0.2, -0.15) is 0 Å². The van der Waals surface area contributed by atoms with Crippen molar-refractivity contribution in [1.82, 2.24) is 0 Å². The van der Waals surface area contributed by atoms with Gasteiger partial charge in [0.25, 0.3) is 0 Å². The highest BCUT2D eigenvalue weighted by Crippen LogP contribution is 2.26. The zero-order chi connectivity index (χ0) is 17.8. The smallest absolute Gasteiger partial charge is 0.432 e. The van der Waals surface area contributed by atoms with Gasteiger partial charge >= 0.3 is 18.3 Å². The predicted molar refractivity (Wildman–Crippen MR) is 81.6 cm³/mol. The largest absolute Gasteiger partial charge is 0.575 e. The lowest BCUT2D eigenvalue weighted by Gasteiger charge is -2.18. The van der Waals surface area contributed by atoms with Crippen molar-refractivity contribution in [2.45, 2.75) is 33.1 Å². The van der Waals surface area contributed by atoms with E-state index in [1.165, 1.54) is 6.07 Å². The number of rotatable bonds is 5. The lowest BCUT2D eigenvalue weighted by molar-refractivity contribution is -0.291. The van der Waals surface area contributed by atoms with E-state index in [0.29, 0.717) is 23.7 Å². The van der Waals surface area contributed by atoms with Crippen LogP contribution in [0.15, 0.2) is 18.9 Å². The van der Waals surface area contributed by atoms with Gasteiger partial charge in [-0.3, -0.25) is 0 Å². The van der Waals surface area contributed by atoms with E-state index in [1.807, 2.05) is 6.92 Å². The number of alkyl halides is 3. The molecule has 0 saturated heterocycles. The van der Waals surface area contributed by atoms with Crippen molar-refractivity contribution < 1.29 is 32.2 Å². The van der Waals surface area contributed by atoms with Crippen molar-refractivity contribution in [1.29, 1.82) is 0 Å². The molecular formula is C15H16F3O4P. The maximum atomic E-state index is 12.3. The molecule has 1 unspecified atom stereocenters. The number of hydrogen-bond acceptors (Lipinski definition) is 4. The Kier molecular flexibility index (Phi) is 6.33. The summed E-state index contributed by atoms with van der Waals surface area (Å²) < 4.78 is 45.1. The Morgan fingerprint density at radius 1 is 1.22 bits per heavy atom. The van der Waals surface area contributed by atoms with E-state index in [9.17, 15) is 22.8 Å². The summed E-state index contributed by atoms with van der Waals surface area (Å²) in [7, 11) is 2.35. The van der Waals surface area contributed by atoms with Crippen LogP contribution in [0.3, 0.4) is 0 Å². The first-order valence-corrected chi connectivity index (χ1v) is 7.30. The maximum absolute atomic E-state index is 12.3. The Morgan fingerprint density at radius 3 is 2.22 bits per heavy atom. The molecule has 0 saturated carbocycles. The second-order valence-corrected chi connectivity index (χ2v) is 5.08. The van der Waals surface area contributed by atoms with Crippen molar-refractivity contribution >= 4 is 26.5 Å². The number of ether oxygens (including phenoxy) is 2. The van der Waals surface area contributed by atoms with Crippen LogP contribution in [0.25, 0.3) is 0 Å². The number of carbonyl (C=O) groups is 2. The molecule has 0 fully saturated rings. The molecule has 0 N–H and O–H groups in total. The van der Waals surface area contributed by atoms with Crippen LogP contribution in [0, 0.1) is 0 Å². The molecule has 8 heteroatoms. The highest BCUT2D eigenvalue weighted by Gasteiger charge is 2.36. The van der Waals surface area contributed by atoms with Crippen molar-refractivity contribution in [3.8, 4) is 0 Å². The summed E-state index contributed by atoms with van der Waals surface area (Å²) >= 11 is 0. The van der Waals surface area contributed by atoms with Gasteiger partial charge in [0.15, 0.2) is 0 Å². The van der Waals surface area contributed by atoms with Crippen LogP contribution in [0.2, 0.25) is 0 Å². The Balaban J connectivity index is 3.61. The van der Waals surface area contributed by atoms with Crippen LogP contribution >= 0.6 is 9.24 Å². The molecule has 0 aromatic heterocycles. The number of hydrogen-bond donors (Lipinski definition) is 0. The number of carbonyl (C=O) groups excluding carboxylic acids is 2. The normalized spacial score (nSPS) is 11.0. The molecule has 0 radical (unpaired) electrons. The molecule has 0 aliphatic heterocycles. The molecule has 0 spiro atoms. The Morgan fingerprint density at radius 2 is 1.78 bits per heavy atom. The average molecular weight is 348 g/mol. The zero-order valence-corrected chi connectivity index (χ0v) is 13.8. The maximum Gasteiger partial charge on any atom is 0.575 e. The van der Waals surface area contributed by atoms with E-state index in [4.69, 9.17) is 0 Å². The average Bonchev–Trinajstić information content (AvgIpc) is 2.44. The fourth-order valence-corrected chi connectivity index (χ4v) is 2.84. The minimum absolute atomic E-state index is 0.232. The van der Waals surface area contributed by atoms with E-state index in [1.54, 1.807) is 6.92 Å². The van der Waals surface area contributed by atoms with Gasteiger partial charge in [0.2, 0.25) is 0 Å². The van der Waals surface area contributed by atoms with Crippen LogP contribution in [0.4, 0.5) is 13.2 Å². The van der Waals surface area contributed by atoms with Crippen LogP contribution in [-0.4, -0.2) is 18.3 Å². The first kappa shape index (κ1) is 19.2. The Labute approximate surface area is 133 Å². The van der Waals surface area contributed by atoms with Crippen LogP contribution in [0.5, 0.6) is 0 Å². The van der Waals surface area contributed by atoms with E-state index in [0.717, 1.165) is 11.8 Å². The Bertz CT molecular complexity index is 639. The van der Waals surface area contributed by atoms with Gasteiger partial charge in [0, 0.05) is 0 Å². The lowest BCUT2D eigenvalue weighted by Crippen LogP contribution is -2.25. The topological polar surface area (TPSA) is 52.6 Å². The fraction of sp³-hybridized carbons (Fsp3) is 0.333. The summed E-state index contributed by atoms with van der Waals surface area (Å²) in [6.45, 7) is 6.79. The third-order valence-electron chi connectivity index (χ3n) is 3.11. The van der Waals surface area contributed by atoms with E-state index in [-0.39, 0.29) is 5.56 Å². The van der Waals surface area contributed by atoms with Crippen LogP contribution in [-0.2, 0) is 22.3 Å². The summed E-state index contributed by atoms with van der Waals surface area (Å²) in [4.78, 5) is 23.9. The van der Waals surface area contributed by atoms with Gasteiger partial charge in [0.1, 0.15) is 0 Å². The molecule has 126 valence electrons. The Hall–Kier alpha value is -1.88. The van der Waals surface area contributed by atoms with Crippen molar-refractivity contribution in [3.05, 3.63) is 41.2 Å². The van der Waals surface area contributed by atoms with Crippen molar-refractivity contribution in [2.75, 3.05) is 0 Å². The summed E-state index contributed by atoms with van der Waals surface area (Å²) in [6.07, 6.45) is -3.43. The highest BCUT2D eigenvalue weighted by molar-refractivity contribution is 7.27. The molecule has 0 aliphatic carbocycles. The van der Waals surface area contributed by atoms with Gasteiger partial charge in [-0.15, -0.1) is 22.4 Å². The third kappa shape index (κ3) is 4.55. The molecule has 0 bridgehead atoms. The zero-order valence-electron chi connectivity index (χ0n) is 12.6. The second kappa shape index (κ2) is 7.59. The summed E-state index contributed by atoms with van der Waals surface area (Å²) in [5, 5.41) is 0.522. The third-order valence-corrected chi connectivity index (χ3v) is 3.63. The summed E-state index contributed by atoms with van der Waals surface area (Å²) in [6, 6.07) is 1.18. The SMILES string of the molecule is C=COC(=O)c1c(C(=O)OC(F)(F)F)cc(P)c(CC)c1CC. The standard InChI is InChI=1S/C15H16F3O4P/c1-4-8-9(5-2)12(14(20)21-6-3)10(7-11(8)23)13(19)22-15(16,17)18/h6-7H,3-5,23H2,1-2H3. The lowest BCUT2D eigenvalue weighted by atomic mass is 9.92. The number of benzene rings is 1. The molecule has 1 atom stereocenters. The molecule has 1 aromatic carbocycles. The number of halogens is 3. The molecule has 0 heterocycles. The molecule has 0 aliphatic rings. The number of esters is 2. The first-order chi connectivity index (χ1) is 10.7. The molecule has 4 nitrogen and oxygen atoms in total. The minimum Gasteiger partial charge on any atom is -0.432 e. The van der Waals surface area contributed by atoms with Crippen molar-refractivity contribution in [2.24, 2.45) is 0 Å². The molecular weight excluding hydrogens is 332 g/mol. The predicted octanol–water partition coefficient (Wildman–Crippen LogP) is 3.29. The van der Waals surface area contributed by atoms with E-state index >= 15 is 0 Å². The van der Waals surface area contributed by atoms with Crippen LogP contribution < -0.4 is 5.30 Å². The van der Waals surface area contributed by atoms with E-state index in [2.05, 4.69) is 25.3 Å². The highest BCUT2D eigenvalue weighted by atomic mass is 31.0. The van der Waals surface area contributed by atoms with Gasteiger partial charge in [0.05, 0.1) is 17.4 Å². The molecule has 23 heavy (non-hydrogen) atoms.